The molecule has 0 unspecified atom stereocenters. The van der Waals surface area contributed by atoms with Crippen molar-refractivity contribution in [3.8, 4) is 17.2 Å². The summed E-state index contributed by atoms with van der Waals surface area (Å²) in [6.45, 7) is 0.192. The first kappa shape index (κ1) is 21.0. The highest BCUT2D eigenvalue weighted by molar-refractivity contribution is 5.91. The Balaban J connectivity index is 1.80. The second-order valence-corrected chi connectivity index (χ2v) is 6.37. The van der Waals surface area contributed by atoms with Gasteiger partial charge in [0.25, 0.3) is 5.56 Å². The molecule has 0 aliphatic carbocycles. The van der Waals surface area contributed by atoms with E-state index in [9.17, 15) is 14.4 Å². The molecule has 0 N–H and O–H groups in total. The van der Waals surface area contributed by atoms with E-state index in [1.807, 2.05) is 0 Å². The highest BCUT2D eigenvalue weighted by atomic mass is 16.5. The van der Waals surface area contributed by atoms with Gasteiger partial charge in [-0.05, 0) is 12.1 Å². The van der Waals surface area contributed by atoms with Crippen molar-refractivity contribution in [1.82, 2.24) is 18.7 Å². The summed E-state index contributed by atoms with van der Waals surface area (Å²) in [6.07, 6.45) is 1.43. The van der Waals surface area contributed by atoms with Gasteiger partial charge in [-0.25, -0.2) is 14.6 Å². The number of ether oxygens (including phenoxy) is 4. The number of hydrogen-bond donors (Lipinski definition) is 0. The first-order chi connectivity index (χ1) is 14.3. The Morgan fingerprint density at radius 2 is 1.63 bits per heavy atom. The zero-order valence-electron chi connectivity index (χ0n) is 17.3. The van der Waals surface area contributed by atoms with Crippen molar-refractivity contribution in [3.05, 3.63) is 44.9 Å². The predicted octanol–water partition coefficient (Wildman–Crippen LogP) is 0.316. The summed E-state index contributed by atoms with van der Waals surface area (Å²) in [6, 6.07) is 2.98. The molecule has 1 aromatic carbocycles. The fourth-order valence-electron chi connectivity index (χ4n) is 3.12. The minimum absolute atomic E-state index is 0.00957. The van der Waals surface area contributed by atoms with Gasteiger partial charge in [-0.1, -0.05) is 0 Å². The van der Waals surface area contributed by atoms with Gasteiger partial charge in [0.05, 0.1) is 39.8 Å². The minimum atomic E-state index is -0.594. The summed E-state index contributed by atoms with van der Waals surface area (Å²) in [5, 5.41) is 0. The van der Waals surface area contributed by atoms with Crippen molar-refractivity contribution >= 4 is 17.1 Å². The molecule has 160 valence electrons. The lowest BCUT2D eigenvalue weighted by molar-refractivity contribution is 0.0491. The van der Waals surface area contributed by atoms with Gasteiger partial charge in [0, 0.05) is 14.1 Å². The van der Waals surface area contributed by atoms with Gasteiger partial charge in [-0.15, -0.1) is 0 Å². The Labute approximate surface area is 171 Å². The number of rotatable bonds is 7. The van der Waals surface area contributed by atoms with Crippen molar-refractivity contribution in [2.24, 2.45) is 14.1 Å². The second kappa shape index (κ2) is 8.31. The van der Waals surface area contributed by atoms with E-state index in [4.69, 9.17) is 18.9 Å². The average Bonchev–Trinajstić information content (AvgIpc) is 3.18. The van der Waals surface area contributed by atoms with Crippen LogP contribution >= 0.6 is 0 Å². The molecule has 2 heterocycles. The number of fused-ring (bicyclic) bond motifs is 1. The van der Waals surface area contributed by atoms with Crippen molar-refractivity contribution in [3.63, 3.8) is 0 Å². The Hall–Kier alpha value is -3.76. The molecule has 0 aliphatic rings. The number of imidazole rings is 1. The number of esters is 1. The molecule has 3 aromatic rings. The molecular weight excluding hydrogens is 396 g/mol. The molecule has 0 spiro atoms. The minimum Gasteiger partial charge on any atom is -0.493 e. The molecule has 0 bridgehead atoms. The van der Waals surface area contributed by atoms with E-state index in [0.717, 1.165) is 4.57 Å². The number of carbonyl (C=O) groups is 1. The smallest absolute Gasteiger partial charge is 0.338 e. The van der Waals surface area contributed by atoms with E-state index in [1.54, 1.807) is 11.6 Å². The van der Waals surface area contributed by atoms with Crippen LogP contribution in [0.15, 0.2) is 28.0 Å². The van der Waals surface area contributed by atoms with E-state index in [1.165, 1.54) is 51.4 Å². The van der Waals surface area contributed by atoms with E-state index in [-0.39, 0.29) is 24.2 Å². The van der Waals surface area contributed by atoms with Gasteiger partial charge >= 0.3 is 11.7 Å². The normalized spacial score (nSPS) is 10.8. The molecule has 0 atom stereocenters. The predicted molar refractivity (Wildman–Crippen MR) is 107 cm³/mol. The molecule has 30 heavy (non-hydrogen) atoms. The fourth-order valence-corrected chi connectivity index (χ4v) is 3.12. The maximum absolute atomic E-state index is 12.5. The fraction of sp³-hybridized carbons (Fsp3) is 0.368. The molecule has 2 aromatic heterocycles. The van der Waals surface area contributed by atoms with Crippen LogP contribution in [-0.4, -0.2) is 52.6 Å². The highest BCUT2D eigenvalue weighted by Gasteiger charge is 2.18. The third-order valence-corrected chi connectivity index (χ3v) is 4.67. The Morgan fingerprint density at radius 3 is 2.20 bits per heavy atom. The van der Waals surface area contributed by atoms with Crippen LogP contribution in [-0.2, 0) is 25.4 Å². The third-order valence-electron chi connectivity index (χ3n) is 4.67. The monoisotopic (exact) mass is 418 g/mol. The molecule has 0 amide bonds. The zero-order chi connectivity index (χ0) is 22.0. The second-order valence-electron chi connectivity index (χ2n) is 6.37. The Kier molecular flexibility index (Phi) is 5.81. The summed E-state index contributed by atoms with van der Waals surface area (Å²) in [7, 11) is 7.30. The van der Waals surface area contributed by atoms with Gasteiger partial charge in [0.2, 0.25) is 5.75 Å². The quantitative estimate of drug-likeness (QED) is 0.504. The summed E-state index contributed by atoms with van der Waals surface area (Å²) < 4.78 is 24.9. The van der Waals surface area contributed by atoms with Crippen molar-refractivity contribution in [2.45, 2.75) is 6.54 Å². The van der Waals surface area contributed by atoms with Crippen LogP contribution in [0.2, 0.25) is 0 Å². The topological polar surface area (TPSA) is 116 Å². The summed E-state index contributed by atoms with van der Waals surface area (Å²) in [5.74, 6) is 0.429. The molecule has 0 aliphatic heterocycles. The summed E-state index contributed by atoms with van der Waals surface area (Å²) in [5.41, 5.74) is -0.214. The molecule has 0 fully saturated rings. The lowest BCUT2D eigenvalue weighted by Crippen LogP contribution is -2.37. The maximum Gasteiger partial charge on any atom is 0.338 e. The van der Waals surface area contributed by atoms with Gasteiger partial charge in [0.15, 0.2) is 17.0 Å². The van der Waals surface area contributed by atoms with Gasteiger partial charge in [-0.3, -0.25) is 13.9 Å². The molecule has 3 rings (SSSR count). The number of benzene rings is 1. The number of nitrogens with zero attached hydrogens (tertiary/aromatic N) is 4. The largest absolute Gasteiger partial charge is 0.493 e. The van der Waals surface area contributed by atoms with E-state index in [2.05, 4.69) is 4.98 Å². The van der Waals surface area contributed by atoms with Crippen LogP contribution in [0.1, 0.15) is 10.4 Å². The van der Waals surface area contributed by atoms with Gasteiger partial charge < -0.3 is 23.5 Å². The average molecular weight is 418 g/mol. The van der Waals surface area contributed by atoms with Crippen molar-refractivity contribution < 1.29 is 23.7 Å². The standard InChI is InChI=1S/C19H22N4O7/c1-21-16-14(17(24)22(2)19(21)26)20-10-23(16)6-7-30-18(25)11-8-12(27-3)15(29-5)13(9-11)28-4/h8-10H,6-7H2,1-5H3. The third kappa shape index (κ3) is 3.49. The lowest BCUT2D eigenvalue weighted by atomic mass is 10.2. The van der Waals surface area contributed by atoms with Crippen LogP contribution in [0.25, 0.3) is 11.2 Å². The Bertz CT molecular complexity index is 1200. The molecule has 11 nitrogen and oxygen atoms in total. The van der Waals surface area contributed by atoms with Crippen LogP contribution in [0.3, 0.4) is 0 Å². The number of carbonyl (C=O) groups excluding carboxylic acids is 1. The van der Waals surface area contributed by atoms with E-state index in [0.29, 0.717) is 22.9 Å². The van der Waals surface area contributed by atoms with E-state index < -0.39 is 17.2 Å². The van der Waals surface area contributed by atoms with Crippen LogP contribution < -0.4 is 25.5 Å². The number of methoxy groups -OCH3 is 3. The van der Waals surface area contributed by atoms with E-state index >= 15 is 0 Å². The van der Waals surface area contributed by atoms with Crippen LogP contribution in [0, 0.1) is 0 Å². The first-order valence-corrected chi connectivity index (χ1v) is 8.92. The van der Waals surface area contributed by atoms with Crippen molar-refractivity contribution in [1.29, 1.82) is 0 Å². The van der Waals surface area contributed by atoms with Gasteiger partial charge in [0.1, 0.15) is 12.3 Å². The number of aryl methyl sites for hydroxylation is 1. The Morgan fingerprint density at radius 1 is 1.00 bits per heavy atom. The number of aromatic nitrogens is 4. The molecule has 0 radical (unpaired) electrons. The number of hydrogen-bond acceptors (Lipinski definition) is 8. The van der Waals surface area contributed by atoms with Crippen LogP contribution in [0.4, 0.5) is 0 Å². The molecule has 0 saturated heterocycles. The SMILES string of the molecule is COc1cc(C(=O)OCCn2cnc3c(=O)n(C)c(=O)n(C)c32)cc(OC)c1OC. The van der Waals surface area contributed by atoms with Crippen molar-refractivity contribution in [2.75, 3.05) is 27.9 Å². The molecule has 0 saturated carbocycles. The van der Waals surface area contributed by atoms with Gasteiger partial charge in [-0.2, -0.15) is 0 Å². The lowest BCUT2D eigenvalue weighted by Gasteiger charge is -2.14. The first-order valence-electron chi connectivity index (χ1n) is 8.92. The highest BCUT2D eigenvalue weighted by Crippen LogP contribution is 2.38. The summed E-state index contributed by atoms with van der Waals surface area (Å²) >= 11 is 0. The summed E-state index contributed by atoms with van der Waals surface area (Å²) in [4.78, 5) is 40.9. The molecular formula is C19H22N4O7. The van der Waals surface area contributed by atoms with Crippen LogP contribution in [0.5, 0.6) is 17.2 Å². The zero-order valence-corrected chi connectivity index (χ0v) is 17.3. The maximum atomic E-state index is 12.5. The molecule has 11 heteroatoms.